The SMILES string of the molecule is C=C/C(c1ccc2[nH]c3c(c2c1)C=CCC3)=c1\c(=C/C)n(-c2ccccc2)c2ccccc12. The molecular formula is C31H26N2. The Kier molecular flexibility index (Phi) is 4.66. The second-order valence-electron chi connectivity index (χ2n) is 8.57. The van der Waals surface area contributed by atoms with Crippen molar-refractivity contribution in [2.75, 3.05) is 0 Å². The van der Waals surface area contributed by atoms with E-state index in [4.69, 9.17) is 0 Å². The Balaban J connectivity index is 1.73. The maximum Gasteiger partial charge on any atom is 0.0541 e. The van der Waals surface area contributed by atoms with Crippen LogP contribution in [0, 0.1) is 0 Å². The van der Waals surface area contributed by atoms with E-state index in [0.717, 1.165) is 24.1 Å². The fourth-order valence-corrected chi connectivity index (χ4v) is 5.29. The normalized spacial score (nSPS) is 14.6. The van der Waals surface area contributed by atoms with Crippen LogP contribution in [0.2, 0.25) is 0 Å². The molecular weight excluding hydrogens is 400 g/mol. The summed E-state index contributed by atoms with van der Waals surface area (Å²) in [7, 11) is 0. The summed E-state index contributed by atoms with van der Waals surface area (Å²) in [6.45, 7) is 6.37. The molecule has 0 aliphatic heterocycles. The fraction of sp³-hybridized carbons (Fsp3) is 0.0968. The highest BCUT2D eigenvalue weighted by atomic mass is 15.0. The van der Waals surface area contributed by atoms with Gasteiger partial charge >= 0.3 is 0 Å². The predicted octanol–water partition coefficient (Wildman–Crippen LogP) is 6.26. The quantitative estimate of drug-likeness (QED) is 0.352. The molecule has 0 saturated heterocycles. The van der Waals surface area contributed by atoms with Gasteiger partial charge in [-0.15, -0.1) is 0 Å². The first-order chi connectivity index (χ1) is 16.3. The first-order valence-corrected chi connectivity index (χ1v) is 11.6. The maximum atomic E-state index is 4.25. The number of aromatic amines is 1. The summed E-state index contributed by atoms with van der Waals surface area (Å²) in [6.07, 6.45) is 10.9. The molecule has 1 N–H and O–H groups in total. The van der Waals surface area contributed by atoms with E-state index in [2.05, 4.69) is 114 Å². The molecule has 0 bridgehead atoms. The van der Waals surface area contributed by atoms with Crippen molar-refractivity contribution in [1.29, 1.82) is 0 Å². The summed E-state index contributed by atoms with van der Waals surface area (Å²) in [5, 5.41) is 4.94. The number of H-pyrrole nitrogens is 1. The van der Waals surface area contributed by atoms with Crippen LogP contribution < -0.4 is 10.6 Å². The second-order valence-corrected chi connectivity index (χ2v) is 8.57. The number of rotatable bonds is 3. The molecule has 3 aromatic carbocycles. The smallest absolute Gasteiger partial charge is 0.0541 e. The van der Waals surface area contributed by atoms with Gasteiger partial charge < -0.3 is 9.55 Å². The van der Waals surface area contributed by atoms with Gasteiger partial charge in [0.15, 0.2) is 0 Å². The van der Waals surface area contributed by atoms with Crippen LogP contribution in [0.25, 0.3) is 45.2 Å². The van der Waals surface area contributed by atoms with E-state index >= 15 is 0 Å². The highest BCUT2D eigenvalue weighted by molar-refractivity contribution is 5.95. The molecule has 1 aliphatic rings. The maximum absolute atomic E-state index is 4.25. The molecule has 5 aromatic rings. The van der Waals surface area contributed by atoms with Crippen LogP contribution >= 0.6 is 0 Å². The van der Waals surface area contributed by atoms with Gasteiger partial charge in [-0.2, -0.15) is 0 Å². The minimum atomic E-state index is 1.08. The summed E-state index contributed by atoms with van der Waals surface area (Å²) in [4.78, 5) is 3.62. The monoisotopic (exact) mass is 426 g/mol. The zero-order valence-electron chi connectivity index (χ0n) is 18.8. The summed E-state index contributed by atoms with van der Waals surface area (Å²) in [6, 6.07) is 26.0. The molecule has 0 unspecified atom stereocenters. The van der Waals surface area contributed by atoms with Crippen molar-refractivity contribution in [2.45, 2.75) is 19.8 Å². The van der Waals surface area contributed by atoms with Crippen LogP contribution in [0.5, 0.6) is 0 Å². The fourth-order valence-electron chi connectivity index (χ4n) is 5.29. The van der Waals surface area contributed by atoms with Crippen molar-refractivity contribution < 1.29 is 0 Å². The molecule has 160 valence electrons. The minimum absolute atomic E-state index is 1.08. The van der Waals surface area contributed by atoms with Gasteiger partial charge in [0.05, 0.1) is 10.9 Å². The van der Waals surface area contributed by atoms with E-state index in [-0.39, 0.29) is 0 Å². The zero-order chi connectivity index (χ0) is 22.4. The lowest BCUT2D eigenvalue weighted by atomic mass is 9.97. The van der Waals surface area contributed by atoms with Gasteiger partial charge in [0.25, 0.3) is 0 Å². The molecule has 1 aliphatic carbocycles. The molecule has 0 atom stereocenters. The third-order valence-electron chi connectivity index (χ3n) is 6.75. The minimum Gasteiger partial charge on any atom is -0.358 e. The van der Waals surface area contributed by atoms with Gasteiger partial charge in [-0.05, 0) is 61.2 Å². The number of para-hydroxylation sites is 2. The van der Waals surface area contributed by atoms with Crippen molar-refractivity contribution >= 4 is 39.5 Å². The van der Waals surface area contributed by atoms with Crippen LogP contribution in [0.1, 0.15) is 30.2 Å². The van der Waals surface area contributed by atoms with Gasteiger partial charge in [-0.25, -0.2) is 0 Å². The van der Waals surface area contributed by atoms with Gasteiger partial charge in [0, 0.05) is 38.5 Å². The van der Waals surface area contributed by atoms with Gasteiger partial charge in [0.2, 0.25) is 0 Å². The topological polar surface area (TPSA) is 20.7 Å². The number of aromatic nitrogens is 2. The first-order valence-electron chi connectivity index (χ1n) is 11.6. The van der Waals surface area contributed by atoms with Crippen molar-refractivity contribution in [1.82, 2.24) is 9.55 Å². The van der Waals surface area contributed by atoms with Crippen LogP contribution in [-0.2, 0) is 6.42 Å². The average molecular weight is 427 g/mol. The van der Waals surface area contributed by atoms with Gasteiger partial charge in [-0.3, -0.25) is 0 Å². The first kappa shape index (κ1) is 19.6. The molecule has 2 aromatic heterocycles. The molecule has 0 fully saturated rings. The Hall–Kier alpha value is -4.04. The molecule has 6 rings (SSSR count). The van der Waals surface area contributed by atoms with E-state index in [1.807, 2.05) is 6.08 Å². The summed E-state index contributed by atoms with van der Waals surface area (Å²) < 4.78 is 2.35. The standard InChI is InChI=1S/C31H26N2/c1-3-23(21-18-19-28-26(20-21)24-14-8-10-16-27(24)32-28)31-25-15-9-11-17-30(25)33(29(31)4-2)22-12-6-5-7-13-22/h3-9,11-15,17-20,32H,1,10,16H2,2H3/b29-4+,31-23+. The highest BCUT2D eigenvalue weighted by Gasteiger charge is 2.15. The number of hydrogen-bond acceptors (Lipinski definition) is 0. The van der Waals surface area contributed by atoms with Crippen LogP contribution in [0.4, 0.5) is 0 Å². The molecule has 0 radical (unpaired) electrons. The lowest BCUT2D eigenvalue weighted by Gasteiger charge is -2.07. The molecule has 2 heterocycles. The Labute approximate surface area is 193 Å². The van der Waals surface area contributed by atoms with Crippen molar-refractivity contribution in [3.8, 4) is 5.69 Å². The summed E-state index contributed by atoms with van der Waals surface area (Å²) in [5.41, 5.74) is 8.59. The lowest BCUT2D eigenvalue weighted by Crippen LogP contribution is -2.30. The van der Waals surface area contributed by atoms with Crippen molar-refractivity contribution in [3.05, 3.63) is 119 Å². The Morgan fingerprint density at radius 2 is 1.79 bits per heavy atom. The van der Waals surface area contributed by atoms with Crippen LogP contribution in [0.3, 0.4) is 0 Å². The van der Waals surface area contributed by atoms with E-state index in [0.29, 0.717) is 0 Å². The number of nitrogens with zero attached hydrogens (tertiary/aromatic N) is 1. The zero-order valence-corrected chi connectivity index (χ0v) is 18.8. The number of nitrogens with one attached hydrogen (secondary N) is 1. The molecule has 0 saturated carbocycles. The average Bonchev–Trinajstić information content (AvgIpc) is 3.41. The van der Waals surface area contributed by atoms with Crippen LogP contribution in [0.15, 0.2) is 91.5 Å². The number of benzene rings is 3. The molecule has 2 heteroatoms. The molecule has 0 amide bonds. The molecule has 0 spiro atoms. The van der Waals surface area contributed by atoms with E-state index in [9.17, 15) is 0 Å². The van der Waals surface area contributed by atoms with E-state index in [1.165, 1.54) is 49.2 Å². The van der Waals surface area contributed by atoms with E-state index < -0.39 is 0 Å². The van der Waals surface area contributed by atoms with Crippen molar-refractivity contribution in [3.63, 3.8) is 0 Å². The predicted molar refractivity (Wildman–Crippen MR) is 141 cm³/mol. The number of fused-ring (bicyclic) bond motifs is 4. The number of aryl methyl sites for hydroxylation is 1. The Bertz CT molecular complexity index is 1670. The summed E-state index contributed by atoms with van der Waals surface area (Å²) in [5.74, 6) is 0. The Morgan fingerprint density at radius 3 is 2.61 bits per heavy atom. The van der Waals surface area contributed by atoms with Gasteiger partial charge in [-0.1, -0.05) is 73.3 Å². The van der Waals surface area contributed by atoms with E-state index in [1.54, 1.807) is 0 Å². The number of hydrogen-bond donors (Lipinski definition) is 1. The third-order valence-corrected chi connectivity index (χ3v) is 6.75. The Morgan fingerprint density at radius 1 is 0.970 bits per heavy atom. The second kappa shape index (κ2) is 7.83. The van der Waals surface area contributed by atoms with Crippen LogP contribution in [-0.4, -0.2) is 9.55 Å². The lowest BCUT2D eigenvalue weighted by molar-refractivity contribution is 0.951. The third kappa shape index (κ3) is 3.02. The van der Waals surface area contributed by atoms with Gasteiger partial charge in [0.1, 0.15) is 0 Å². The van der Waals surface area contributed by atoms with Crippen molar-refractivity contribution in [2.24, 2.45) is 0 Å². The highest BCUT2D eigenvalue weighted by Crippen LogP contribution is 2.30. The summed E-state index contributed by atoms with van der Waals surface area (Å²) >= 11 is 0. The number of allylic oxidation sites excluding steroid dienone is 2. The molecule has 33 heavy (non-hydrogen) atoms. The largest absolute Gasteiger partial charge is 0.358 e. The molecule has 2 nitrogen and oxygen atoms in total.